The van der Waals surface area contributed by atoms with Gasteiger partial charge in [0.15, 0.2) is 0 Å². The van der Waals surface area contributed by atoms with Crippen LogP contribution in [0, 0.1) is 0 Å². The van der Waals surface area contributed by atoms with Gasteiger partial charge in [-0.3, -0.25) is 4.40 Å². The Hall–Kier alpha value is -3.54. The van der Waals surface area contributed by atoms with E-state index in [-0.39, 0.29) is 0 Å². The van der Waals surface area contributed by atoms with Crippen LogP contribution in [0.25, 0.3) is 28.0 Å². The Morgan fingerprint density at radius 1 is 0.946 bits per heavy atom. The molecule has 1 aliphatic heterocycles. The van der Waals surface area contributed by atoms with Gasteiger partial charge in [-0.15, -0.1) is 0 Å². The zero-order valence-electron chi connectivity index (χ0n) is 20.7. The van der Waals surface area contributed by atoms with Gasteiger partial charge in [0.05, 0.1) is 18.5 Å². The van der Waals surface area contributed by atoms with Crippen LogP contribution >= 0.6 is 23.8 Å². The van der Waals surface area contributed by atoms with Crippen LogP contribution in [-0.4, -0.2) is 21.1 Å². The fourth-order valence-corrected chi connectivity index (χ4v) is 5.79. The molecule has 0 aliphatic carbocycles. The molecule has 1 aliphatic rings. The number of halogens is 1. The van der Waals surface area contributed by atoms with E-state index in [1.807, 2.05) is 30.3 Å². The highest BCUT2D eigenvalue weighted by molar-refractivity contribution is 7.80. The fraction of sp³-hybridized carbons (Fsp3) is 0.194. The SMILES string of the molecule is COc1ccc(-c2c3c4n(c(-c5ccc(Cl)cc5)cn4c2C(=S)NCc2ccccc2)CCCC3)cc1. The molecule has 0 bridgehead atoms. The van der Waals surface area contributed by atoms with Crippen molar-refractivity contribution in [2.24, 2.45) is 0 Å². The fourth-order valence-electron chi connectivity index (χ4n) is 5.39. The van der Waals surface area contributed by atoms with Gasteiger partial charge in [0, 0.05) is 35.4 Å². The number of methoxy groups -OCH3 is 1. The molecule has 0 saturated carbocycles. The number of aromatic nitrogens is 2. The highest BCUT2D eigenvalue weighted by Crippen LogP contribution is 2.40. The third kappa shape index (κ3) is 4.43. The molecule has 3 aromatic carbocycles. The van der Waals surface area contributed by atoms with Crippen molar-refractivity contribution in [3.05, 3.63) is 107 Å². The molecule has 4 nitrogen and oxygen atoms in total. The number of hydrogen-bond acceptors (Lipinski definition) is 2. The van der Waals surface area contributed by atoms with E-state index in [0.717, 1.165) is 58.4 Å². The van der Waals surface area contributed by atoms with Crippen LogP contribution < -0.4 is 10.1 Å². The van der Waals surface area contributed by atoms with E-state index >= 15 is 0 Å². The van der Waals surface area contributed by atoms with Crippen LogP contribution in [0.2, 0.25) is 5.02 Å². The number of rotatable bonds is 6. The molecule has 0 unspecified atom stereocenters. The monoisotopic (exact) mass is 525 g/mol. The lowest BCUT2D eigenvalue weighted by Gasteiger charge is -2.13. The number of aryl methyl sites for hydroxylation is 2. The number of nitrogens with zero attached hydrogens (tertiary/aromatic N) is 2. The van der Waals surface area contributed by atoms with E-state index in [0.29, 0.717) is 6.54 Å². The minimum atomic E-state index is 0.676. The second-order valence-corrected chi connectivity index (χ2v) is 10.3. The van der Waals surface area contributed by atoms with Crippen LogP contribution in [0.5, 0.6) is 5.75 Å². The van der Waals surface area contributed by atoms with Crippen molar-refractivity contribution in [1.29, 1.82) is 0 Å². The number of hydrogen-bond donors (Lipinski definition) is 1. The number of imidazole rings is 1. The van der Waals surface area contributed by atoms with Crippen LogP contribution in [-0.2, 0) is 19.5 Å². The Bertz CT molecular complexity index is 1570. The van der Waals surface area contributed by atoms with E-state index in [9.17, 15) is 0 Å². The summed E-state index contributed by atoms with van der Waals surface area (Å²) in [4.78, 5) is 0.747. The van der Waals surface area contributed by atoms with Gasteiger partial charge in [0.2, 0.25) is 0 Å². The van der Waals surface area contributed by atoms with Crippen molar-refractivity contribution in [2.75, 3.05) is 7.11 Å². The lowest BCUT2D eigenvalue weighted by molar-refractivity contribution is 0.415. The second kappa shape index (κ2) is 10.1. The molecule has 6 rings (SSSR count). The van der Waals surface area contributed by atoms with Crippen molar-refractivity contribution < 1.29 is 4.74 Å². The summed E-state index contributed by atoms with van der Waals surface area (Å²) in [5.74, 6) is 0.847. The number of ether oxygens (including phenoxy) is 1. The van der Waals surface area contributed by atoms with Gasteiger partial charge in [0.1, 0.15) is 16.4 Å². The van der Waals surface area contributed by atoms with E-state index in [4.69, 9.17) is 28.6 Å². The zero-order valence-corrected chi connectivity index (χ0v) is 22.3. The summed E-state index contributed by atoms with van der Waals surface area (Å²) in [5.41, 5.74) is 9.51. The lowest BCUT2D eigenvalue weighted by atomic mass is 9.98. The smallest absolute Gasteiger partial charge is 0.124 e. The first-order valence-electron chi connectivity index (χ1n) is 12.6. The standard InChI is InChI=1S/C31H28ClN3OS/c1-36-25-16-12-23(13-17-25)28-26-9-5-6-18-34-27(22-10-14-24(32)15-11-22)20-35(31(26)34)29(28)30(37)33-19-21-7-3-2-4-8-21/h2-4,7-8,10-17,20H,5-6,9,18-19H2,1H3,(H,33,37). The average Bonchev–Trinajstić information content (AvgIpc) is 3.35. The van der Waals surface area contributed by atoms with Crippen LogP contribution in [0.15, 0.2) is 85.1 Å². The van der Waals surface area contributed by atoms with Crippen LogP contribution in [0.4, 0.5) is 0 Å². The number of benzene rings is 3. The maximum atomic E-state index is 6.21. The van der Waals surface area contributed by atoms with E-state index in [2.05, 4.69) is 69.0 Å². The van der Waals surface area contributed by atoms with Gasteiger partial charge in [-0.1, -0.05) is 78.4 Å². The minimum Gasteiger partial charge on any atom is -0.497 e. The van der Waals surface area contributed by atoms with Crippen LogP contribution in [0.1, 0.15) is 29.7 Å². The normalized spacial score (nSPS) is 12.9. The molecule has 6 heteroatoms. The first-order chi connectivity index (χ1) is 18.1. The molecular weight excluding hydrogens is 498 g/mol. The summed E-state index contributed by atoms with van der Waals surface area (Å²) in [6.45, 7) is 1.65. The Kier molecular flexibility index (Phi) is 6.49. The molecule has 3 heterocycles. The van der Waals surface area contributed by atoms with Gasteiger partial charge in [0.25, 0.3) is 0 Å². The molecule has 186 valence electrons. The molecule has 0 radical (unpaired) electrons. The van der Waals surface area contributed by atoms with Gasteiger partial charge < -0.3 is 14.6 Å². The largest absolute Gasteiger partial charge is 0.497 e. The molecule has 5 aromatic rings. The Balaban J connectivity index is 1.54. The zero-order chi connectivity index (χ0) is 25.4. The molecule has 1 N–H and O–H groups in total. The molecule has 0 saturated heterocycles. The Labute approximate surface area is 227 Å². The first kappa shape index (κ1) is 23.8. The van der Waals surface area contributed by atoms with Crippen molar-refractivity contribution in [3.63, 3.8) is 0 Å². The quantitative estimate of drug-likeness (QED) is 0.232. The van der Waals surface area contributed by atoms with Gasteiger partial charge in [-0.25, -0.2) is 0 Å². The summed E-state index contributed by atoms with van der Waals surface area (Å²) in [6, 6.07) is 26.8. The second-order valence-electron chi connectivity index (χ2n) is 9.42. The van der Waals surface area contributed by atoms with Crippen molar-refractivity contribution >= 4 is 34.5 Å². The predicted octanol–water partition coefficient (Wildman–Crippen LogP) is 7.54. The van der Waals surface area contributed by atoms with E-state index in [1.165, 1.54) is 28.0 Å². The first-order valence-corrected chi connectivity index (χ1v) is 13.4. The number of nitrogens with one attached hydrogen (secondary N) is 1. The molecule has 0 spiro atoms. The molecule has 0 atom stereocenters. The van der Waals surface area contributed by atoms with Crippen molar-refractivity contribution in [2.45, 2.75) is 32.4 Å². The molecule has 37 heavy (non-hydrogen) atoms. The number of thiocarbonyl (C=S) groups is 1. The molecular formula is C31H28ClN3OS. The lowest BCUT2D eigenvalue weighted by Crippen LogP contribution is -2.23. The third-order valence-electron chi connectivity index (χ3n) is 7.16. The minimum absolute atomic E-state index is 0.676. The van der Waals surface area contributed by atoms with Crippen molar-refractivity contribution in [3.8, 4) is 28.1 Å². The van der Waals surface area contributed by atoms with E-state index in [1.54, 1.807) is 7.11 Å². The Morgan fingerprint density at radius 3 is 2.41 bits per heavy atom. The summed E-state index contributed by atoms with van der Waals surface area (Å²) in [7, 11) is 1.70. The third-order valence-corrected chi connectivity index (χ3v) is 7.75. The maximum Gasteiger partial charge on any atom is 0.124 e. The van der Waals surface area contributed by atoms with Gasteiger partial charge in [-0.2, -0.15) is 0 Å². The van der Waals surface area contributed by atoms with Gasteiger partial charge in [-0.05, 0) is 60.2 Å². The topological polar surface area (TPSA) is 30.6 Å². The summed E-state index contributed by atoms with van der Waals surface area (Å²) >= 11 is 12.3. The molecule has 2 aromatic heterocycles. The van der Waals surface area contributed by atoms with Crippen molar-refractivity contribution in [1.82, 2.24) is 14.3 Å². The van der Waals surface area contributed by atoms with E-state index < -0.39 is 0 Å². The molecule has 0 amide bonds. The summed E-state index contributed by atoms with van der Waals surface area (Å²) < 4.78 is 10.2. The maximum absolute atomic E-state index is 6.21. The average molecular weight is 526 g/mol. The highest BCUT2D eigenvalue weighted by atomic mass is 35.5. The summed E-state index contributed by atoms with van der Waals surface area (Å²) in [5, 5.41) is 4.29. The predicted molar refractivity (Wildman–Crippen MR) is 156 cm³/mol. The Morgan fingerprint density at radius 2 is 1.68 bits per heavy atom. The van der Waals surface area contributed by atoms with Crippen LogP contribution in [0.3, 0.4) is 0 Å². The highest BCUT2D eigenvalue weighted by Gasteiger charge is 2.28. The molecule has 0 fully saturated rings. The summed E-state index contributed by atoms with van der Waals surface area (Å²) in [6.07, 6.45) is 5.52. The van der Waals surface area contributed by atoms with Gasteiger partial charge >= 0.3 is 0 Å².